The van der Waals surface area contributed by atoms with Gasteiger partial charge in [-0.05, 0) is 11.1 Å². The number of nitrogens with zero attached hydrogens (tertiary/aromatic N) is 3. The summed E-state index contributed by atoms with van der Waals surface area (Å²) in [7, 11) is 1.41. The Morgan fingerprint density at radius 2 is 1.69 bits per heavy atom. The lowest BCUT2D eigenvalue weighted by atomic mass is 10.1. The third kappa shape index (κ3) is 4.08. The zero-order chi connectivity index (χ0) is 22.5. The lowest BCUT2D eigenvalue weighted by molar-refractivity contribution is 0.0678. The van der Waals surface area contributed by atoms with Gasteiger partial charge < -0.3 is 20.0 Å². The number of carbonyl (C=O) groups is 1. The van der Waals surface area contributed by atoms with Gasteiger partial charge in [0.05, 0.1) is 12.8 Å². The highest BCUT2D eigenvalue weighted by atomic mass is 16.7. The summed E-state index contributed by atoms with van der Waals surface area (Å²) in [5, 5.41) is 13.2. The fraction of sp³-hybridized carbons (Fsp3) is 0.130. The van der Waals surface area contributed by atoms with Crippen molar-refractivity contribution in [1.29, 1.82) is 0 Å². The van der Waals surface area contributed by atoms with E-state index in [9.17, 15) is 14.7 Å². The molecule has 2 N–H and O–H groups in total. The minimum absolute atomic E-state index is 0.0397. The van der Waals surface area contributed by atoms with Crippen LogP contribution in [-0.4, -0.2) is 32.9 Å². The number of ether oxygens (including phenoxy) is 1. The molecule has 0 aliphatic heterocycles. The van der Waals surface area contributed by atoms with Crippen LogP contribution in [0.3, 0.4) is 0 Å². The predicted molar refractivity (Wildman–Crippen MR) is 118 cm³/mol. The fourth-order valence-electron chi connectivity index (χ4n) is 3.31. The second-order valence-electron chi connectivity index (χ2n) is 6.83. The van der Waals surface area contributed by atoms with Crippen LogP contribution in [0.15, 0.2) is 71.8 Å². The van der Waals surface area contributed by atoms with Crippen molar-refractivity contribution in [3.63, 3.8) is 0 Å². The van der Waals surface area contributed by atoms with Crippen molar-refractivity contribution in [2.45, 2.75) is 13.2 Å². The molecule has 0 atom stereocenters. The first kappa shape index (κ1) is 20.9. The monoisotopic (exact) mass is 432 g/mol. The van der Waals surface area contributed by atoms with E-state index in [0.29, 0.717) is 0 Å². The van der Waals surface area contributed by atoms with E-state index in [-0.39, 0.29) is 35.8 Å². The van der Waals surface area contributed by atoms with Crippen LogP contribution in [0.2, 0.25) is 0 Å². The number of fused-ring (bicyclic) bond motifs is 1. The number of aromatic carboxylic acids is 1. The summed E-state index contributed by atoms with van der Waals surface area (Å²) in [6, 6.07) is 18.6. The molecule has 0 radical (unpaired) electrons. The molecule has 9 nitrogen and oxygen atoms in total. The summed E-state index contributed by atoms with van der Waals surface area (Å²) in [5.41, 5.74) is 0.526. The predicted octanol–water partition coefficient (Wildman–Crippen LogP) is 2.74. The van der Waals surface area contributed by atoms with Gasteiger partial charge >= 0.3 is 11.5 Å². The first-order chi connectivity index (χ1) is 15.6. The van der Waals surface area contributed by atoms with Crippen LogP contribution in [0.25, 0.3) is 11.0 Å². The number of methoxy groups -OCH3 is 1. The molecule has 2 aromatic heterocycles. The van der Waals surface area contributed by atoms with E-state index >= 15 is 0 Å². The van der Waals surface area contributed by atoms with Crippen molar-refractivity contribution in [2.24, 2.45) is 0 Å². The van der Waals surface area contributed by atoms with Gasteiger partial charge in [0.2, 0.25) is 5.88 Å². The second-order valence-corrected chi connectivity index (χ2v) is 6.83. The SMILES string of the molecule is COc1ncnc2c1c(NCc1ccccc1)c(C(=O)O)c(=O)n2OCc1ccccc1. The van der Waals surface area contributed by atoms with Crippen LogP contribution in [0.5, 0.6) is 5.88 Å². The molecule has 0 unspecified atom stereocenters. The van der Waals surface area contributed by atoms with Crippen LogP contribution in [0.1, 0.15) is 21.5 Å². The van der Waals surface area contributed by atoms with Gasteiger partial charge in [0.15, 0.2) is 11.2 Å². The fourth-order valence-corrected chi connectivity index (χ4v) is 3.31. The molecule has 2 heterocycles. The van der Waals surface area contributed by atoms with Gasteiger partial charge in [-0.3, -0.25) is 4.79 Å². The van der Waals surface area contributed by atoms with Gasteiger partial charge in [-0.15, -0.1) is 4.73 Å². The van der Waals surface area contributed by atoms with Crippen LogP contribution in [0, 0.1) is 0 Å². The van der Waals surface area contributed by atoms with Crippen molar-refractivity contribution >= 4 is 22.7 Å². The number of hydrogen-bond acceptors (Lipinski definition) is 7. The Balaban J connectivity index is 1.87. The summed E-state index contributed by atoms with van der Waals surface area (Å²) < 4.78 is 6.24. The van der Waals surface area contributed by atoms with E-state index in [1.54, 1.807) is 0 Å². The number of carboxylic acid groups (broad SMARTS) is 1. The normalized spacial score (nSPS) is 10.7. The van der Waals surface area contributed by atoms with E-state index in [4.69, 9.17) is 9.57 Å². The van der Waals surface area contributed by atoms with Crippen molar-refractivity contribution < 1.29 is 19.5 Å². The highest BCUT2D eigenvalue weighted by Gasteiger charge is 2.26. The third-order valence-corrected chi connectivity index (χ3v) is 4.81. The van der Waals surface area contributed by atoms with Gasteiger partial charge in [0.1, 0.15) is 18.3 Å². The zero-order valence-electron chi connectivity index (χ0n) is 17.2. The molecule has 32 heavy (non-hydrogen) atoms. The molecule has 0 amide bonds. The number of hydrogen-bond donors (Lipinski definition) is 2. The van der Waals surface area contributed by atoms with E-state index in [0.717, 1.165) is 15.9 Å². The Hall–Kier alpha value is -4.40. The molecule has 4 aromatic rings. The first-order valence-corrected chi connectivity index (χ1v) is 9.76. The highest BCUT2D eigenvalue weighted by Crippen LogP contribution is 2.31. The van der Waals surface area contributed by atoms with Crippen molar-refractivity contribution in [1.82, 2.24) is 14.7 Å². The van der Waals surface area contributed by atoms with Crippen LogP contribution >= 0.6 is 0 Å². The number of anilines is 1. The molecule has 0 saturated carbocycles. The molecular formula is C23H20N4O5. The Kier molecular flexibility index (Phi) is 5.98. The minimum Gasteiger partial charge on any atom is -0.480 e. The van der Waals surface area contributed by atoms with E-state index in [1.165, 1.54) is 13.4 Å². The van der Waals surface area contributed by atoms with Crippen molar-refractivity contribution in [3.8, 4) is 5.88 Å². The Morgan fingerprint density at radius 1 is 1.03 bits per heavy atom. The van der Waals surface area contributed by atoms with Gasteiger partial charge in [-0.2, -0.15) is 0 Å². The molecule has 0 aliphatic carbocycles. The van der Waals surface area contributed by atoms with Crippen LogP contribution < -0.4 is 20.5 Å². The summed E-state index contributed by atoms with van der Waals surface area (Å²) in [4.78, 5) is 39.3. The number of carboxylic acids is 1. The minimum atomic E-state index is -1.41. The number of nitrogens with one attached hydrogen (secondary N) is 1. The maximum atomic E-state index is 13.2. The largest absolute Gasteiger partial charge is 0.480 e. The maximum Gasteiger partial charge on any atom is 0.343 e. The molecule has 0 bridgehead atoms. The molecule has 162 valence electrons. The topological polar surface area (TPSA) is 116 Å². The van der Waals surface area contributed by atoms with Crippen molar-refractivity contribution in [3.05, 3.63) is 94.0 Å². The van der Waals surface area contributed by atoms with Crippen LogP contribution in [-0.2, 0) is 13.2 Å². The summed E-state index contributed by atoms with van der Waals surface area (Å²) in [5.74, 6) is -1.29. The van der Waals surface area contributed by atoms with E-state index in [2.05, 4.69) is 15.3 Å². The molecular weight excluding hydrogens is 412 g/mol. The van der Waals surface area contributed by atoms with Gasteiger partial charge in [-0.25, -0.2) is 14.8 Å². The summed E-state index contributed by atoms with van der Waals surface area (Å²) in [6.07, 6.45) is 1.23. The quantitative estimate of drug-likeness (QED) is 0.437. The molecule has 9 heteroatoms. The lowest BCUT2D eigenvalue weighted by Crippen LogP contribution is -2.33. The Labute approximate surface area is 182 Å². The lowest BCUT2D eigenvalue weighted by Gasteiger charge is -2.18. The number of aromatic nitrogens is 3. The third-order valence-electron chi connectivity index (χ3n) is 4.81. The number of pyridine rings is 1. The second kappa shape index (κ2) is 9.17. The average Bonchev–Trinajstić information content (AvgIpc) is 2.82. The number of rotatable bonds is 8. The highest BCUT2D eigenvalue weighted by molar-refractivity contribution is 6.05. The standard InChI is InChI=1S/C23H20N4O5/c1-31-21-17-19(24-12-15-8-4-2-5-9-15)18(23(29)30)22(28)27(20(17)25-14-26-21)32-13-16-10-6-3-7-11-16/h2-11,14,24H,12-13H2,1H3,(H,29,30). The molecule has 4 rings (SSSR count). The summed E-state index contributed by atoms with van der Waals surface area (Å²) >= 11 is 0. The first-order valence-electron chi connectivity index (χ1n) is 9.76. The molecule has 2 aromatic carbocycles. The average molecular weight is 432 g/mol. The number of benzene rings is 2. The van der Waals surface area contributed by atoms with Crippen molar-refractivity contribution in [2.75, 3.05) is 12.4 Å². The maximum absolute atomic E-state index is 13.2. The molecule has 0 fully saturated rings. The van der Waals surface area contributed by atoms with E-state index < -0.39 is 17.1 Å². The molecule has 0 aliphatic rings. The zero-order valence-corrected chi connectivity index (χ0v) is 17.2. The molecule has 0 saturated heterocycles. The molecule has 0 spiro atoms. The van der Waals surface area contributed by atoms with Crippen LogP contribution in [0.4, 0.5) is 5.69 Å². The Bertz CT molecular complexity index is 1310. The van der Waals surface area contributed by atoms with Gasteiger partial charge in [-0.1, -0.05) is 60.7 Å². The Morgan fingerprint density at radius 3 is 2.31 bits per heavy atom. The summed E-state index contributed by atoms with van der Waals surface area (Å²) in [6.45, 7) is 0.320. The smallest absolute Gasteiger partial charge is 0.343 e. The van der Waals surface area contributed by atoms with Gasteiger partial charge in [0.25, 0.3) is 0 Å². The van der Waals surface area contributed by atoms with Gasteiger partial charge in [0, 0.05) is 6.54 Å². The van der Waals surface area contributed by atoms with E-state index in [1.807, 2.05) is 60.7 Å².